The van der Waals surface area contributed by atoms with Gasteiger partial charge in [-0.1, -0.05) is 60.6 Å². The van der Waals surface area contributed by atoms with E-state index < -0.39 is 11.9 Å². The largest absolute Gasteiger partial charge is 0.478 e. The maximum absolute atomic E-state index is 11.1. The van der Waals surface area contributed by atoms with E-state index in [0.717, 1.165) is 11.1 Å². The van der Waals surface area contributed by atoms with Gasteiger partial charge in [0.05, 0.1) is 5.92 Å². The topological polar surface area (TPSA) is 54.4 Å². The summed E-state index contributed by atoms with van der Waals surface area (Å²) in [5.74, 6) is -2.02. The van der Waals surface area contributed by atoms with Gasteiger partial charge in [-0.05, 0) is 17.2 Å². The van der Waals surface area contributed by atoms with Crippen LogP contribution in [-0.4, -0.2) is 17.4 Å². The van der Waals surface area contributed by atoms with Crippen LogP contribution >= 0.6 is 11.6 Å². The Hall–Kier alpha value is -2.39. The van der Waals surface area contributed by atoms with Gasteiger partial charge in [-0.3, -0.25) is 0 Å². The molecular formula is C17H13ClO3. The zero-order chi connectivity index (χ0) is 15.4. The fourth-order valence-corrected chi connectivity index (χ4v) is 2.31. The standard InChI is InChI=1S/C17H13ClO3/c1-11(17(20)21)15(10-19)13-8-6-12(7-9-13)14-4-2-3-5-16(14)18/h2-10,15H,1H2,(H,20,21). The van der Waals surface area contributed by atoms with Crippen LogP contribution in [0.4, 0.5) is 0 Å². The molecule has 0 amide bonds. The van der Waals surface area contributed by atoms with Gasteiger partial charge in [0.25, 0.3) is 0 Å². The Bertz CT molecular complexity index is 689. The number of benzene rings is 2. The van der Waals surface area contributed by atoms with Crippen LogP contribution in [0, 0.1) is 0 Å². The van der Waals surface area contributed by atoms with Crippen LogP contribution in [0.25, 0.3) is 11.1 Å². The van der Waals surface area contributed by atoms with E-state index in [4.69, 9.17) is 16.7 Å². The van der Waals surface area contributed by atoms with Gasteiger partial charge in [0, 0.05) is 16.2 Å². The minimum atomic E-state index is -1.18. The number of carboxylic acids is 1. The van der Waals surface area contributed by atoms with E-state index in [0.29, 0.717) is 16.9 Å². The van der Waals surface area contributed by atoms with Crippen molar-refractivity contribution in [2.24, 2.45) is 0 Å². The summed E-state index contributed by atoms with van der Waals surface area (Å²) in [5.41, 5.74) is 2.23. The molecule has 1 atom stereocenters. The lowest BCUT2D eigenvalue weighted by atomic mass is 9.92. The van der Waals surface area contributed by atoms with Crippen LogP contribution in [0.2, 0.25) is 5.02 Å². The molecule has 1 unspecified atom stereocenters. The molecule has 0 fully saturated rings. The molecule has 3 nitrogen and oxygen atoms in total. The summed E-state index contributed by atoms with van der Waals surface area (Å²) in [4.78, 5) is 22.0. The molecule has 0 aliphatic rings. The fraction of sp³-hybridized carbons (Fsp3) is 0.0588. The van der Waals surface area contributed by atoms with Crippen molar-refractivity contribution in [2.45, 2.75) is 5.92 Å². The Balaban J connectivity index is 2.35. The fourth-order valence-electron chi connectivity index (χ4n) is 2.06. The van der Waals surface area contributed by atoms with Crippen molar-refractivity contribution >= 4 is 23.9 Å². The number of rotatable bonds is 5. The lowest BCUT2D eigenvalue weighted by Gasteiger charge is -2.12. The highest BCUT2D eigenvalue weighted by Gasteiger charge is 2.19. The first-order chi connectivity index (χ1) is 10.0. The van der Waals surface area contributed by atoms with Gasteiger partial charge in [0.1, 0.15) is 6.29 Å². The Kier molecular flexibility index (Phi) is 4.55. The van der Waals surface area contributed by atoms with E-state index in [1.54, 1.807) is 18.2 Å². The second-order valence-corrected chi connectivity index (χ2v) is 4.95. The first-order valence-electron chi connectivity index (χ1n) is 6.27. The van der Waals surface area contributed by atoms with E-state index in [1.165, 1.54) is 0 Å². The Morgan fingerprint density at radius 3 is 2.29 bits per heavy atom. The zero-order valence-electron chi connectivity index (χ0n) is 11.1. The molecule has 0 spiro atoms. The minimum Gasteiger partial charge on any atom is -0.478 e. The lowest BCUT2D eigenvalue weighted by molar-refractivity contribution is -0.133. The quantitative estimate of drug-likeness (QED) is 0.672. The molecule has 0 heterocycles. The summed E-state index contributed by atoms with van der Waals surface area (Å²) < 4.78 is 0. The van der Waals surface area contributed by atoms with Crippen LogP contribution in [0.1, 0.15) is 11.5 Å². The molecule has 106 valence electrons. The molecule has 0 radical (unpaired) electrons. The molecule has 0 aromatic heterocycles. The average molecular weight is 301 g/mol. The maximum Gasteiger partial charge on any atom is 0.332 e. The Morgan fingerprint density at radius 1 is 1.14 bits per heavy atom. The highest BCUT2D eigenvalue weighted by atomic mass is 35.5. The molecule has 0 aliphatic carbocycles. The van der Waals surface area contributed by atoms with Crippen molar-refractivity contribution in [1.29, 1.82) is 0 Å². The first-order valence-corrected chi connectivity index (χ1v) is 6.64. The number of aldehydes is 1. The van der Waals surface area contributed by atoms with Crippen LogP contribution in [0.5, 0.6) is 0 Å². The molecule has 0 bridgehead atoms. The minimum absolute atomic E-state index is 0.143. The summed E-state index contributed by atoms with van der Waals surface area (Å²) in [5, 5.41) is 9.57. The molecular weight excluding hydrogens is 288 g/mol. The average Bonchev–Trinajstić information content (AvgIpc) is 2.49. The van der Waals surface area contributed by atoms with Crippen molar-refractivity contribution in [3.05, 3.63) is 71.3 Å². The number of carboxylic acid groups (broad SMARTS) is 1. The van der Waals surface area contributed by atoms with Gasteiger partial charge >= 0.3 is 5.97 Å². The molecule has 2 aromatic carbocycles. The number of carbonyl (C=O) groups excluding carboxylic acids is 1. The van der Waals surface area contributed by atoms with Crippen LogP contribution < -0.4 is 0 Å². The number of hydrogen-bond donors (Lipinski definition) is 1. The molecule has 1 N–H and O–H groups in total. The van der Waals surface area contributed by atoms with Crippen molar-refractivity contribution in [1.82, 2.24) is 0 Å². The number of aliphatic carboxylic acids is 1. The van der Waals surface area contributed by atoms with Gasteiger partial charge in [0.15, 0.2) is 0 Å². The number of hydrogen-bond acceptors (Lipinski definition) is 2. The third kappa shape index (κ3) is 3.20. The van der Waals surface area contributed by atoms with Crippen LogP contribution in [0.15, 0.2) is 60.7 Å². The van der Waals surface area contributed by atoms with E-state index >= 15 is 0 Å². The molecule has 2 rings (SSSR count). The van der Waals surface area contributed by atoms with Gasteiger partial charge in [-0.15, -0.1) is 0 Å². The third-order valence-electron chi connectivity index (χ3n) is 3.24. The zero-order valence-corrected chi connectivity index (χ0v) is 11.9. The molecule has 0 saturated heterocycles. The molecule has 0 aliphatic heterocycles. The summed E-state index contributed by atoms with van der Waals surface area (Å²) in [6.45, 7) is 3.44. The smallest absolute Gasteiger partial charge is 0.332 e. The van der Waals surface area contributed by atoms with E-state index in [9.17, 15) is 9.59 Å². The molecule has 21 heavy (non-hydrogen) atoms. The highest BCUT2D eigenvalue weighted by molar-refractivity contribution is 6.33. The number of carbonyl (C=O) groups is 2. The summed E-state index contributed by atoms with van der Waals surface area (Å²) in [6.07, 6.45) is 0.584. The molecule has 0 saturated carbocycles. The normalized spacial score (nSPS) is 11.7. The van der Waals surface area contributed by atoms with Crippen molar-refractivity contribution in [3.63, 3.8) is 0 Å². The van der Waals surface area contributed by atoms with Gasteiger partial charge < -0.3 is 9.90 Å². The van der Waals surface area contributed by atoms with Gasteiger partial charge in [-0.2, -0.15) is 0 Å². The monoisotopic (exact) mass is 300 g/mol. The van der Waals surface area contributed by atoms with Crippen molar-refractivity contribution in [2.75, 3.05) is 0 Å². The van der Waals surface area contributed by atoms with Crippen LogP contribution in [-0.2, 0) is 9.59 Å². The summed E-state index contributed by atoms with van der Waals surface area (Å²) in [6, 6.07) is 14.5. The molecule has 2 aromatic rings. The second-order valence-electron chi connectivity index (χ2n) is 4.55. The molecule has 4 heteroatoms. The van der Waals surface area contributed by atoms with E-state index in [2.05, 4.69) is 6.58 Å². The van der Waals surface area contributed by atoms with Crippen LogP contribution in [0.3, 0.4) is 0 Å². The maximum atomic E-state index is 11.1. The SMILES string of the molecule is C=C(C(=O)O)C(C=O)c1ccc(-c2ccccc2Cl)cc1. The van der Waals surface area contributed by atoms with E-state index in [-0.39, 0.29) is 5.57 Å². The van der Waals surface area contributed by atoms with Crippen molar-refractivity contribution in [3.8, 4) is 11.1 Å². The van der Waals surface area contributed by atoms with Crippen molar-refractivity contribution < 1.29 is 14.7 Å². The van der Waals surface area contributed by atoms with E-state index in [1.807, 2.05) is 30.3 Å². The summed E-state index contributed by atoms with van der Waals surface area (Å²) >= 11 is 6.13. The number of halogens is 1. The van der Waals surface area contributed by atoms with Gasteiger partial charge in [-0.25, -0.2) is 4.79 Å². The summed E-state index contributed by atoms with van der Waals surface area (Å²) in [7, 11) is 0. The predicted molar refractivity (Wildman–Crippen MR) is 82.5 cm³/mol. The van der Waals surface area contributed by atoms with Gasteiger partial charge in [0.2, 0.25) is 0 Å². The Labute approximate surface area is 127 Å². The second kappa shape index (κ2) is 6.37. The third-order valence-corrected chi connectivity index (χ3v) is 3.57. The Morgan fingerprint density at radius 2 is 1.76 bits per heavy atom. The lowest BCUT2D eigenvalue weighted by Crippen LogP contribution is -2.11. The highest BCUT2D eigenvalue weighted by Crippen LogP contribution is 2.29. The predicted octanol–water partition coefficient (Wildman–Crippen LogP) is 3.93. The first kappa shape index (κ1) is 15.0.